The van der Waals surface area contributed by atoms with E-state index in [4.69, 9.17) is 5.84 Å². The number of nitrogens with two attached hydrogens (primary N) is 1. The molecule has 1 amide bonds. The zero-order valence-corrected chi connectivity index (χ0v) is 11.5. The average Bonchev–Trinajstić information content (AvgIpc) is 2.46. The lowest BCUT2D eigenvalue weighted by atomic mass is 10.0. The van der Waals surface area contributed by atoms with E-state index in [1.54, 1.807) is 18.2 Å². The Balaban J connectivity index is 2.01. The van der Waals surface area contributed by atoms with Crippen molar-refractivity contribution in [3.8, 4) is 0 Å². The molecule has 0 unspecified atom stereocenters. The minimum atomic E-state index is -0.0192. The highest BCUT2D eigenvalue weighted by Crippen LogP contribution is 2.16. The molecule has 0 spiro atoms. The molecule has 1 saturated heterocycles. The predicted molar refractivity (Wildman–Crippen MR) is 74.7 cm³/mol. The second kappa shape index (κ2) is 5.99. The predicted octanol–water partition coefficient (Wildman–Crippen LogP) is 0.533. The van der Waals surface area contributed by atoms with Crippen LogP contribution in [-0.4, -0.2) is 53.9 Å². The number of pyridine rings is 1. The molecule has 0 radical (unpaired) electrons. The Kier molecular flexibility index (Phi) is 4.34. The van der Waals surface area contributed by atoms with Crippen molar-refractivity contribution < 1.29 is 4.79 Å². The molecule has 2 heterocycles. The minimum Gasteiger partial charge on any atom is -0.337 e. The van der Waals surface area contributed by atoms with E-state index >= 15 is 0 Å². The molecule has 0 atom stereocenters. The van der Waals surface area contributed by atoms with Crippen LogP contribution in [0, 0.1) is 0 Å². The monoisotopic (exact) mass is 263 g/mol. The molecule has 6 nitrogen and oxygen atoms in total. The molecule has 104 valence electrons. The summed E-state index contributed by atoms with van der Waals surface area (Å²) in [4.78, 5) is 20.6. The molecular weight excluding hydrogens is 242 g/mol. The number of aromatic nitrogens is 1. The van der Waals surface area contributed by atoms with Crippen molar-refractivity contribution in [2.24, 2.45) is 5.84 Å². The zero-order chi connectivity index (χ0) is 13.8. The number of nitrogens with one attached hydrogen (secondary N) is 1. The van der Waals surface area contributed by atoms with Gasteiger partial charge in [-0.3, -0.25) is 4.79 Å². The van der Waals surface area contributed by atoms with Crippen molar-refractivity contribution in [2.45, 2.75) is 18.9 Å². The summed E-state index contributed by atoms with van der Waals surface area (Å²) in [5.74, 6) is 5.80. The molecule has 1 aliphatic rings. The Morgan fingerprint density at radius 2 is 2.11 bits per heavy atom. The maximum Gasteiger partial charge on any atom is 0.272 e. The summed E-state index contributed by atoms with van der Waals surface area (Å²) < 4.78 is 0. The Hall–Kier alpha value is -1.66. The molecule has 0 bridgehead atoms. The number of nitrogens with zero attached hydrogens (tertiary/aromatic N) is 3. The zero-order valence-electron chi connectivity index (χ0n) is 11.5. The number of hydrazine groups is 1. The summed E-state index contributed by atoms with van der Waals surface area (Å²) in [7, 11) is 4.17. The lowest BCUT2D eigenvalue weighted by molar-refractivity contribution is 0.0657. The highest BCUT2D eigenvalue weighted by atomic mass is 16.2. The van der Waals surface area contributed by atoms with E-state index in [1.165, 1.54) is 0 Å². The molecule has 0 saturated carbocycles. The molecule has 1 aromatic heterocycles. The molecule has 0 aromatic carbocycles. The molecule has 3 N–H and O–H groups in total. The summed E-state index contributed by atoms with van der Waals surface area (Å²) in [5.41, 5.74) is 2.90. The Morgan fingerprint density at radius 3 is 2.68 bits per heavy atom. The van der Waals surface area contributed by atoms with Gasteiger partial charge in [-0.1, -0.05) is 6.07 Å². The largest absolute Gasteiger partial charge is 0.337 e. The van der Waals surface area contributed by atoms with Gasteiger partial charge in [0.2, 0.25) is 0 Å². The van der Waals surface area contributed by atoms with Gasteiger partial charge in [0.25, 0.3) is 5.91 Å². The lowest BCUT2D eigenvalue weighted by Crippen LogP contribution is -2.44. The first-order valence-corrected chi connectivity index (χ1v) is 6.51. The van der Waals surface area contributed by atoms with E-state index in [1.807, 2.05) is 4.90 Å². The van der Waals surface area contributed by atoms with Crippen molar-refractivity contribution in [1.82, 2.24) is 14.8 Å². The smallest absolute Gasteiger partial charge is 0.272 e. The summed E-state index contributed by atoms with van der Waals surface area (Å²) in [5, 5.41) is 0. The van der Waals surface area contributed by atoms with Crippen LogP contribution in [0.1, 0.15) is 23.3 Å². The quantitative estimate of drug-likeness (QED) is 0.615. The number of rotatable bonds is 3. The first-order valence-electron chi connectivity index (χ1n) is 6.51. The Labute approximate surface area is 113 Å². The fraction of sp³-hybridized carbons (Fsp3) is 0.538. The van der Waals surface area contributed by atoms with Gasteiger partial charge < -0.3 is 15.2 Å². The highest BCUT2D eigenvalue weighted by Gasteiger charge is 2.25. The van der Waals surface area contributed by atoms with Crippen molar-refractivity contribution in [3.63, 3.8) is 0 Å². The third kappa shape index (κ3) is 3.21. The molecule has 1 aliphatic heterocycles. The number of piperidine rings is 1. The van der Waals surface area contributed by atoms with Gasteiger partial charge in [-0.25, -0.2) is 10.8 Å². The van der Waals surface area contributed by atoms with Crippen LogP contribution in [0.25, 0.3) is 0 Å². The Morgan fingerprint density at radius 1 is 1.42 bits per heavy atom. The fourth-order valence-corrected chi connectivity index (χ4v) is 2.38. The summed E-state index contributed by atoms with van der Waals surface area (Å²) >= 11 is 0. The number of anilines is 1. The van der Waals surface area contributed by atoms with Crippen molar-refractivity contribution in [1.29, 1.82) is 0 Å². The summed E-state index contributed by atoms with van der Waals surface area (Å²) in [6.07, 6.45) is 2.02. The van der Waals surface area contributed by atoms with E-state index in [0.29, 0.717) is 17.6 Å². The van der Waals surface area contributed by atoms with Gasteiger partial charge in [0, 0.05) is 19.1 Å². The molecule has 2 rings (SSSR count). The summed E-state index contributed by atoms with van der Waals surface area (Å²) in [6.45, 7) is 1.56. The number of amides is 1. The van der Waals surface area contributed by atoms with E-state index in [0.717, 1.165) is 25.9 Å². The number of hydrogen-bond donors (Lipinski definition) is 2. The van der Waals surface area contributed by atoms with Crippen molar-refractivity contribution in [3.05, 3.63) is 23.9 Å². The number of hydrogen-bond acceptors (Lipinski definition) is 5. The second-order valence-corrected chi connectivity index (χ2v) is 5.04. The minimum absolute atomic E-state index is 0.0192. The number of carbonyl (C=O) groups excluding carboxylic acids is 1. The topological polar surface area (TPSA) is 74.5 Å². The van der Waals surface area contributed by atoms with Gasteiger partial charge >= 0.3 is 0 Å². The summed E-state index contributed by atoms with van der Waals surface area (Å²) in [6, 6.07) is 5.80. The van der Waals surface area contributed by atoms with Gasteiger partial charge in [-0.05, 0) is 39.1 Å². The maximum absolute atomic E-state index is 12.3. The van der Waals surface area contributed by atoms with Crippen LogP contribution in [0.5, 0.6) is 0 Å². The number of likely N-dealkylation sites (tertiary alicyclic amines) is 1. The van der Waals surface area contributed by atoms with Crippen LogP contribution >= 0.6 is 0 Å². The third-order valence-corrected chi connectivity index (χ3v) is 3.60. The number of carbonyl (C=O) groups is 1. The first-order chi connectivity index (χ1) is 9.11. The lowest BCUT2D eigenvalue weighted by Gasteiger charge is -2.35. The number of nitrogen functional groups attached to an aromatic ring is 1. The molecule has 1 aromatic rings. The molecular formula is C13H21N5O. The normalized spacial score (nSPS) is 16.7. The first kappa shape index (κ1) is 13.8. The second-order valence-electron chi connectivity index (χ2n) is 5.04. The molecule has 19 heavy (non-hydrogen) atoms. The van der Waals surface area contributed by atoms with E-state index < -0.39 is 0 Å². The van der Waals surface area contributed by atoms with Crippen LogP contribution in [0.15, 0.2) is 18.2 Å². The maximum atomic E-state index is 12.3. The van der Waals surface area contributed by atoms with Crippen LogP contribution in [-0.2, 0) is 0 Å². The standard InChI is InChI=1S/C13H21N5O/c1-17(2)10-6-8-18(9-7-10)13(19)11-4-3-5-12(15-11)16-14/h3-5,10H,6-9,14H2,1-2H3,(H,15,16). The fourth-order valence-electron chi connectivity index (χ4n) is 2.38. The van der Waals surface area contributed by atoms with E-state index in [9.17, 15) is 4.79 Å². The van der Waals surface area contributed by atoms with E-state index in [-0.39, 0.29) is 5.91 Å². The van der Waals surface area contributed by atoms with Gasteiger partial charge in [0.15, 0.2) is 0 Å². The third-order valence-electron chi connectivity index (χ3n) is 3.60. The van der Waals surface area contributed by atoms with E-state index in [2.05, 4.69) is 29.4 Å². The Bertz CT molecular complexity index is 440. The van der Waals surface area contributed by atoms with Crippen LogP contribution in [0.2, 0.25) is 0 Å². The highest BCUT2D eigenvalue weighted by molar-refractivity contribution is 5.92. The SMILES string of the molecule is CN(C)C1CCN(C(=O)c2cccc(NN)n2)CC1. The van der Waals surface area contributed by atoms with Crippen LogP contribution < -0.4 is 11.3 Å². The van der Waals surface area contributed by atoms with Crippen LogP contribution in [0.4, 0.5) is 5.82 Å². The van der Waals surface area contributed by atoms with Crippen molar-refractivity contribution >= 4 is 11.7 Å². The molecule has 6 heteroatoms. The average molecular weight is 263 g/mol. The van der Waals surface area contributed by atoms with Gasteiger partial charge in [0.05, 0.1) is 0 Å². The molecule has 0 aliphatic carbocycles. The molecule has 1 fully saturated rings. The van der Waals surface area contributed by atoms with Crippen molar-refractivity contribution in [2.75, 3.05) is 32.6 Å². The van der Waals surface area contributed by atoms with Gasteiger partial charge in [-0.2, -0.15) is 0 Å². The van der Waals surface area contributed by atoms with Crippen LogP contribution in [0.3, 0.4) is 0 Å². The van der Waals surface area contributed by atoms with Gasteiger partial charge in [-0.15, -0.1) is 0 Å². The van der Waals surface area contributed by atoms with Gasteiger partial charge in [0.1, 0.15) is 11.5 Å².